The summed E-state index contributed by atoms with van der Waals surface area (Å²) in [6.45, 7) is 1.33. The second-order valence-electron chi connectivity index (χ2n) is 6.42. The maximum absolute atomic E-state index is 12.1. The highest BCUT2D eigenvalue weighted by atomic mass is 32.2. The van der Waals surface area contributed by atoms with Crippen LogP contribution < -0.4 is 15.8 Å². The number of guanidine groups is 1. The quantitative estimate of drug-likeness (QED) is 0.517. The number of nitrogens with one attached hydrogen (secondary N) is 2. The van der Waals surface area contributed by atoms with Gasteiger partial charge in [-0.05, 0) is 49.3 Å². The number of rotatable bonds is 7. The van der Waals surface area contributed by atoms with Crippen molar-refractivity contribution in [3.8, 4) is 0 Å². The van der Waals surface area contributed by atoms with E-state index in [4.69, 9.17) is 5.73 Å². The van der Waals surface area contributed by atoms with E-state index >= 15 is 0 Å². The number of nitrogens with zero attached hydrogens (tertiary/aromatic N) is 1. The number of benzene rings is 1. The predicted octanol–water partition coefficient (Wildman–Crippen LogP) is 1.33. The Labute approximate surface area is 137 Å². The highest BCUT2D eigenvalue weighted by Crippen LogP contribution is 2.25. The Morgan fingerprint density at radius 1 is 1.17 bits per heavy atom. The predicted molar refractivity (Wildman–Crippen MR) is 90.5 cm³/mol. The van der Waals surface area contributed by atoms with Crippen molar-refractivity contribution >= 4 is 16.0 Å². The van der Waals surface area contributed by atoms with Gasteiger partial charge in [0, 0.05) is 12.6 Å². The van der Waals surface area contributed by atoms with Gasteiger partial charge in [-0.3, -0.25) is 0 Å². The molecule has 0 aromatic heterocycles. The van der Waals surface area contributed by atoms with Gasteiger partial charge in [-0.2, -0.15) is 0 Å². The molecule has 0 heterocycles. The van der Waals surface area contributed by atoms with Gasteiger partial charge in [-0.15, -0.1) is 0 Å². The molecule has 0 unspecified atom stereocenters. The Morgan fingerprint density at radius 2 is 1.87 bits per heavy atom. The number of hydrogen-bond donors (Lipinski definition) is 3. The molecule has 1 aromatic carbocycles. The summed E-state index contributed by atoms with van der Waals surface area (Å²) in [4.78, 5) is 4.59. The molecule has 6 nitrogen and oxygen atoms in total. The Kier molecular flexibility index (Phi) is 4.87. The molecule has 1 aromatic rings. The first-order valence-corrected chi connectivity index (χ1v) is 9.66. The van der Waals surface area contributed by atoms with Crippen LogP contribution in [-0.4, -0.2) is 27.0 Å². The summed E-state index contributed by atoms with van der Waals surface area (Å²) in [5.41, 5.74) is 6.78. The van der Waals surface area contributed by atoms with E-state index < -0.39 is 10.0 Å². The summed E-state index contributed by atoms with van der Waals surface area (Å²) < 4.78 is 26.8. The maximum atomic E-state index is 12.1. The van der Waals surface area contributed by atoms with E-state index in [2.05, 4.69) is 15.0 Å². The SMILES string of the molecule is NC(=NCc1ccc(S(=O)(=O)NC2CC2)cc1)NCC1CCC1. The van der Waals surface area contributed by atoms with Crippen molar-refractivity contribution in [3.63, 3.8) is 0 Å². The fourth-order valence-electron chi connectivity index (χ4n) is 2.44. The largest absolute Gasteiger partial charge is 0.370 e. The fourth-order valence-corrected chi connectivity index (χ4v) is 3.75. The lowest BCUT2D eigenvalue weighted by atomic mass is 9.85. The van der Waals surface area contributed by atoms with Crippen molar-refractivity contribution in [1.82, 2.24) is 10.0 Å². The molecule has 2 aliphatic carbocycles. The third-order valence-corrected chi connectivity index (χ3v) is 5.90. The minimum absolute atomic E-state index is 0.116. The maximum Gasteiger partial charge on any atom is 0.240 e. The molecule has 2 aliphatic rings. The zero-order chi connectivity index (χ0) is 16.3. The highest BCUT2D eigenvalue weighted by molar-refractivity contribution is 7.89. The molecule has 3 rings (SSSR count). The van der Waals surface area contributed by atoms with Crippen LogP contribution in [0.25, 0.3) is 0 Å². The fraction of sp³-hybridized carbons (Fsp3) is 0.562. The van der Waals surface area contributed by atoms with Gasteiger partial charge < -0.3 is 11.1 Å². The van der Waals surface area contributed by atoms with Crippen LogP contribution >= 0.6 is 0 Å². The molecular formula is C16H24N4O2S. The normalized spacial score (nSPS) is 19.4. The van der Waals surface area contributed by atoms with Crippen LogP contribution in [0.2, 0.25) is 0 Å². The average Bonchev–Trinajstić information content (AvgIpc) is 3.27. The first-order chi connectivity index (χ1) is 11.0. The lowest BCUT2D eigenvalue weighted by molar-refractivity contribution is 0.315. The van der Waals surface area contributed by atoms with E-state index in [1.807, 2.05) is 0 Å². The zero-order valence-electron chi connectivity index (χ0n) is 13.2. The van der Waals surface area contributed by atoms with Crippen LogP contribution in [0.3, 0.4) is 0 Å². The third kappa shape index (κ3) is 4.68. The third-order valence-electron chi connectivity index (χ3n) is 4.36. The standard InChI is InChI=1S/C16H24N4O2S/c17-16(18-10-12-2-1-3-12)19-11-13-4-8-15(9-5-13)23(21,22)20-14-6-7-14/h4-5,8-9,12,14,20H,1-3,6-7,10-11H2,(H3,17,18,19). The summed E-state index contributed by atoms with van der Waals surface area (Å²) in [7, 11) is -3.38. The molecular weight excluding hydrogens is 312 g/mol. The molecule has 0 bridgehead atoms. The van der Waals surface area contributed by atoms with Gasteiger partial charge in [0.2, 0.25) is 10.0 Å². The molecule has 126 valence electrons. The van der Waals surface area contributed by atoms with E-state index in [0.717, 1.165) is 30.9 Å². The number of sulfonamides is 1. The first kappa shape index (κ1) is 16.3. The number of aliphatic imine (C=N–C) groups is 1. The summed E-state index contributed by atoms with van der Waals surface area (Å²) in [5.74, 6) is 1.18. The zero-order valence-corrected chi connectivity index (χ0v) is 14.0. The Hall–Kier alpha value is -1.60. The van der Waals surface area contributed by atoms with Crippen LogP contribution in [0.15, 0.2) is 34.2 Å². The minimum Gasteiger partial charge on any atom is -0.370 e. The summed E-state index contributed by atoms with van der Waals surface area (Å²) in [5, 5.41) is 3.14. The lowest BCUT2D eigenvalue weighted by Crippen LogP contribution is -2.37. The summed E-state index contributed by atoms with van der Waals surface area (Å²) in [6, 6.07) is 6.92. The number of nitrogens with two attached hydrogens (primary N) is 1. The smallest absolute Gasteiger partial charge is 0.240 e. The second-order valence-corrected chi connectivity index (χ2v) is 8.13. The monoisotopic (exact) mass is 336 g/mol. The van der Waals surface area contributed by atoms with E-state index in [-0.39, 0.29) is 6.04 Å². The Balaban J connectivity index is 1.52. The number of hydrogen-bond acceptors (Lipinski definition) is 3. The van der Waals surface area contributed by atoms with Crippen LogP contribution in [0.5, 0.6) is 0 Å². The molecule has 2 saturated carbocycles. The van der Waals surface area contributed by atoms with E-state index in [1.54, 1.807) is 24.3 Å². The van der Waals surface area contributed by atoms with Crippen LogP contribution in [-0.2, 0) is 16.6 Å². The molecule has 0 radical (unpaired) electrons. The van der Waals surface area contributed by atoms with Gasteiger partial charge in [0.1, 0.15) is 0 Å². The topological polar surface area (TPSA) is 96.6 Å². The molecule has 7 heteroatoms. The molecule has 0 atom stereocenters. The average molecular weight is 336 g/mol. The molecule has 2 fully saturated rings. The molecule has 0 aliphatic heterocycles. The van der Waals surface area contributed by atoms with Crippen molar-refractivity contribution < 1.29 is 8.42 Å². The Morgan fingerprint density at radius 3 is 2.43 bits per heavy atom. The van der Waals surface area contributed by atoms with Crippen LogP contribution in [0.4, 0.5) is 0 Å². The van der Waals surface area contributed by atoms with Crippen LogP contribution in [0.1, 0.15) is 37.7 Å². The molecule has 23 heavy (non-hydrogen) atoms. The molecule has 0 saturated heterocycles. The highest BCUT2D eigenvalue weighted by Gasteiger charge is 2.27. The Bertz CT molecular complexity index is 662. The van der Waals surface area contributed by atoms with Crippen molar-refractivity contribution in [1.29, 1.82) is 0 Å². The second kappa shape index (κ2) is 6.88. The van der Waals surface area contributed by atoms with Gasteiger partial charge in [0.15, 0.2) is 5.96 Å². The molecule has 0 spiro atoms. The minimum atomic E-state index is -3.38. The van der Waals surface area contributed by atoms with Gasteiger partial charge in [0.05, 0.1) is 11.4 Å². The summed E-state index contributed by atoms with van der Waals surface area (Å²) in [6.07, 6.45) is 5.71. The molecule has 4 N–H and O–H groups in total. The van der Waals surface area contributed by atoms with Crippen LogP contribution in [0, 0.1) is 5.92 Å². The van der Waals surface area contributed by atoms with E-state index in [1.165, 1.54) is 19.3 Å². The van der Waals surface area contributed by atoms with Crippen molar-refractivity contribution in [3.05, 3.63) is 29.8 Å². The molecule has 0 amide bonds. The van der Waals surface area contributed by atoms with E-state index in [9.17, 15) is 8.42 Å². The van der Waals surface area contributed by atoms with Gasteiger partial charge in [-0.25, -0.2) is 18.1 Å². The first-order valence-electron chi connectivity index (χ1n) is 8.18. The van der Waals surface area contributed by atoms with Crippen molar-refractivity contribution in [2.45, 2.75) is 49.6 Å². The van der Waals surface area contributed by atoms with Gasteiger partial charge in [0.25, 0.3) is 0 Å². The van der Waals surface area contributed by atoms with Crippen molar-refractivity contribution in [2.75, 3.05) is 6.54 Å². The van der Waals surface area contributed by atoms with Gasteiger partial charge >= 0.3 is 0 Å². The summed E-state index contributed by atoms with van der Waals surface area (Å²) >= 11 is 0. The lowest BCUT2D eigenvalue weighted by Gasteiger charge is -2.25. The van der Waals surface area contributed by atoms with E-state index in [0.29, 0.717) is 17.4 Å². The van der Waals surface area contributed by atoms with Crippen molar-refractivity contribution in [2.24, 2.45) is 16.6 Å². The van der Waals surface area contributed by atoms with Gasteiger partial charge in [-0.1, -0.05) is 18.6 Å².